The van der Waals surface area contributed by atoms with Crippen molar-refractivity contribution in [1.82, 2.24) is 0 Å². The molecule has 1 saturated carbocycles. The molecule has 3 N–H and O–H groups in total. The third-order valence-corrected chi connectivity index (χ3v) is 3.27. The molecule has 3 nitrogen and oxygen atoms in total. The normalized spacial score (nSPS) is 22.1. The van der Waals surface area contributed by atoms with Crippen molar-refractivity contribution in [1.29, 1.82) is 0 Å². The molecular weight excluding hydrogens is 190 g/mol. The van der Waals surface area contributed by atoms with Crippen LogP contribution in [0.4, 0.5) is 0 Å². The number of nitrogens with two attached hydrogens (primary N) is 1. The van der Waals surface area contributed by atoms with E-state index in [1.807, 2.05) is 0 Å². The first-order valence-electron chi connectivity index (χ1n) is 5.94. The van der Waals surface area contributed by atoms with Gasteiger partial charge in [0.25, 0.3) is 0 Å². The summed E-state index contributed by atoms with van der Waals surface area (Å²) < 4.78 is 0. The average molecular weight is 213 g/mol. The second-order valence-corrected chi connectivity index (χ2v) is 5.41. The van der Waals surface area contributed by atoms with E-state index >= 15 is 0 Å². The van der Waals surface area contributed by atoms with E-state index in [0.717, 1.165) is 12.3 Å². The fourth-order valence-corrected chi connectivity index (χ4v) is 2.07. The van der Waals surface area contributed by atoms with Gasteiger partial charge in [-0.3, -0.25) is 4.79 Å². The molecule has 88 valence electrons. The van der Waals surface area contributed by atoms with Crippen LogP contribution in [-0.4, -0.2) is 16.6 Å². The van der Waals surface area contributed by atoms with E-state index in [4.69, 9.17) is 10.8 Å². The molecule has 0 bridgehead atoms. The summed E-state index contributed by atoms with van der Waals surface area (Å²) in [4.78, 5) is 10.8. The first-order chi connectivity index (χ1) is 6.92. The SMILES string of the molecule is CC(CCCC1CC1)CC(C)(N)C(=O)O. The van der Waals surface area contributed by atoms with Gasteiger partial charge in [-0.2, -0.15) is 0 Å². The Balaban J connectivity index is 2.15. The maximum Gasteiger partial charge on any atom is 0.323 e. The van der Waals surface area contributed by atoms with E-state index in [1.165, 1.54) is 25.7 Å². The van der Waals surface area contributed by atoms with Crippen molar-refractivity contribution < 1.29 is 9.90 Å². The minimum Gasteiger partial charge on any atom is -0.480 e. The highest BCUT2D eigenvalue weighted by molar-refractivity contribution is 5.77. The fraction of sp³-hybridized carbons (Fsp3) is 0.917. The van der Waals surface area contributed by atoms with E-state index in [0.29, 0.717) is 12.3 Å². The van der Waals surface area contributed by atoms with Crippen molar-refractivity contribution in [2.24, 2.45) is 17.6 Å². The third-order valence-electron chi connectivity index (χ3n) is 3.27. The first kappa shape index (κ1) is 12.5. The lowest BCUT2D eigenvalue weighted by Crippen LogP contribution is -2.46. The molecule has 0 aromatic heterocycles. The van der Waals surface area contributed by atoms with Crippen molar-refractivity contribution in [3.8, 4) is 0 Å². The van der Waals surface area contributed by atoms with Crippen LogP contribution >= 0.6 is 0 Å². The zero-order valence-electron chi connectivity index (χ0n) is 9.83. The number of rotatable bonds is 7. The minimum atomic E-state index is -1.06. The molecule has 0 radical (unpaired) electrons. The number of aliphatic carboxylic acids is 1. The predicted molar refractivity (Wildman–Crippen MR) is 60.6 cm³/mol. The number of carbonyl (C=O) groups is 1. The molecule has 1 rings (SSSR count). The summed E-state index contributed by atoms with van der Waals surface area (Å²) in [5.41, 5.74) is 4.65. The standard InChI is InChI=1S/C12H23NO2/c1-9(4-3-5-10-6-7-10)8-12(2,13)11(14)15/h9-10H,3-8,13H2,1-2H3,(H,14,15). The number of carboxylic acid groups (broad SMARTS) is 1. The summed E-state index contributed by atoms with van der Waals surface area (Å²) in [6.07, 6.45) is 7.03. The quantitative estimate of drug-likeness (QED) is 0.682. The van der Waals surface area contributed by atoms with Gasteiger partial charge in [0.1, 0.15) is 5.54 Å². The molecular formula is C12H23NO2. The Labute approximate surface area is 92.0 Å². The summed E-state index contributed by atoms with van der Waals surface area (Å²) in [5, 5.41) is 8.89. The molecule has 1 aliphatic rings. The maximum atomic E-state index is 10.8. The topological polar surface area (TPSA) is 63.3 Å². The summed E-state index contributed by atoms with van der Waals surface area (Å²) in [7, 11) is 0. The van der Waals surface area contributed by atoms with Gasteiger partial charge in [0.05, 0.1) is 0 Å². The van der Waals surface area contributed by atoms with Gasteiger partial charge in [-0.1, -0.05) is 39.0 Å². The van der Waals surface area contributed by atoms with E-state index in [2.05, 4.69) is 6.92 Å². The monoisotopic (exact) mass is 213 g/mol. The lowest BCUT2D eigenvalue weighted by Gasteiger charge is -2.23. The van der Waals surface area contributed by atoms with Gasteiger partial charge < -0.3 is 10.8 Å². The van der Waals surface area contributed by atoms with Gasteiger partial charge in [-0.15, -0.1) is 0 Å². The molecule has 0 aliphatic heterocycles. The van der Waals surface area contributed by atoms with Crippen LogP contribution in [0.15, 0.2) is 0 Å². The first-order valence-corrected chi connectivity index (χ1v) is 5.94. The minimum absolute atomic E-state index is 0.412. The third kappa shape index (κ3) is 4.65. The highest BCUT2D eigenvalue weighted by Gasteiger charge is 2.29. The van der Waals surface area contributed by atoms with Crippen LogP contribution in [0, 0.1) is 11.8 Å². The van der Waals surface area contributed by atoms with Crippen LogP contribution in [0.3, 0.4) is 0 Å². The van der Waals surface area contributed by atoms with E-state index in [9.17, 15) is 4.79 Å². The van der Waals surface area contributed by atoms with Gasteiger partial charge in [0, 0.05) is 0 Å². The van der Waals surface area contributed by atoms with Crippen molar-refractivity contribution in [3.05, 3.63) is 0 Å². The number of hydrogen-bond acceptors (Lipinski definition) is 2. The second kappa shape index (κ2) is 4.97. The lowest BCUT2D eigenvalue weighted by molar-refractivity contribution is -0.143. The Kier molecular flexibility index (Phi) is 4.14. The van der Waals surface area contributed by atoms with Crippen molar-refractivity contribution in [2.45, 2.75) is 57.9 Å². The lowest BCUT2D eigenvalue weighted by atomic mass is 9.88. The summed E-state index contributed by atoms with van der Waals surface area (Å²) in [5.74, 6) is 0.493. The van der Waals surface area contributed by atoms with Gasteiger partial charge in [-0.25, -0.2) is 0 Å². The highest BCUT2D eigenvalue weighted by Crippen LogP contribution is 2.34. The molecule has 0 aromatic carbocycles. The Hall–Kier alpha value is -0.570. The van der Waals surface area contributed by atoms with E-state index in [-0.39, 0.29) is 0 Å². The van der Waals surface area contributed by atoms with Gasteiger partial charge in [0.15, 0.2) is 0 Å². The van der Waals surface area contributed by atoms with Gasteiger partial charge >= 0.3 is 5.97 Å². The van der Waals surface area contributed by atoms with E-state index in [1.54, 1.807) is 6.92 Å². The smallest absolute Gasteiger partial charge is 0.323 e. The molecule has 3 heteroatoms. The highest BCUT2D eigenvalue weighted by atomic mass is 16.4. The molecule has 15 heavy (non-hydrogen) atoms. The molecule has 2 atom stereocenters. The molecule has 0 spiro atoms. The molecule has 0 amide bonds. The molecule has 1 fully saturated rings. The zero-order chi connectivity index (χ0) is 11.5. The van der Waals surface area contributed by atoms with Crippen LogP contribution in [0.2, 0.25) is 0 Å². The van der Waals surface area contributed by atoms with Crippen molar-refractivity contribution in [3.63, 3.8) is 0 Å². The average Bonchev–Trinajstić information content (AvgIpc) is 2.86. The Morgan fingerprint density at radius 2 is 2.20 bits per heavy atom. The Morgan fingerprint density at radius 3 is 2.67 bits per heavy atom. The number of hydrogen-bond donors (Lipinski definition) is 2. The number of carboxylic acids is 1. The molecule has 0 heterocycles. The van der Waals surface area contributed by atoms with E-state index < -0.39 is 11.5 Å². The van der Waals surface area contributed by atoms with Crippen LogP contribution in [-0.2, 0) is 4.79 Å². The van der Waals surface area contributed by atoms with Gasteiger partial charge in [0.2, 0.25) is 0 Å². The van der Waals surface area contributed by atoms with Crippen LogP contribution in [0.1, 0.15) is 52.4 Å². The maximum absolute atomic E-state index is 10.8. The molecule has 2 unspecified atom stereocenters. The summed E-state index contributed by atoms with van der Waals surface area (Å²) in [6.45, 7) is 3.70. The second-order valence-electron chi connectivity index (χ2n) is 5.41. The summed E-state index contributed by atoms with van der Waals surface area (Å²) >= 11 is 0. The predicted octanol–water partition coefficient (Wildman–Crippen LogP) is 2.39. The van der Waals surface area contributed by atoms with Crippen molar-refractivity contribution in [2.75, 3.05) is 0 Å². The Bertz CT molecular complexity index is 222. The summed E-state index contributed by atoms with van der Waals surface area (Å²) in [6, 6.07) is 0. The Morgan fingerprint density at radius 1 is 1.60 bits per heavy atom. The molecule has 0 aromatic rings. The zero-order valence-corrected chi connectivity index (χ0v) is 9.83. The van der Waals surface area contributed by atoms with Crippen LogP contribution in [0.25, 0.3) is 0 Å². The van der Waals surface area contributed by atoms with Crippen molar-refractivity contribution >= 4 is 5.97 Å². The van der Waals surface area contributed by atoms with Crippen LogP contribution in [0.5, 0.6) is 0 Å². The largest absolute Gasteiger partial charge is 0.480 e. The van der Waals surface area contributed by atoms with Gasteiger partial charge in [-0.05, 0) is 25.2 Å². The van der Waals surface area contributed by atoms with Crippen LogP contribution < -0.4 is 5.73 Å². The fourth-order valence-electron chi connectivity index (χ4n) is 2.07. The molecule has 1 aliphatic carbocycles. The molecule has 0 saturated heterocycles.